The van der Waals surface area contributed by atoms with Gasteiger partial charge in [-0.1, -0.05) is 24.3 Å². The number of rotatable bonds is 4. The molecule has 0 spiro atoms. The lowest BCUT2D eigenvalue weighted by Gasteiger charge is -2.31. The van der Waals surface area contributed by atoms with E-state index in [1.807, 2.05) is 0 Å². The molecule has 0 bridgehead atoms. The van der Waals surface area contributed by atoms with Crippen LogP contribution in [-0.4, -0.2) is 30.3 Å². The molecule has 2 aromatic rings. The third kappa shape index (κ3) is 2.92. The van der Waals surface area contributed by atoms with Gasteiger partial charge in [-0.05, 0) is 23.8 Å². The van der Waals surface area contributed by atoms with Gasteiger partial charge in [-0.3, -0.25) is 10.1 Å². The average Bonchev–Trinajstić information content (AvgIpc) is 2.53. The summed E-state index contributed by atoms with van der Waals surface area (Å²) in [5.74, 6) is 0. The summed E-state index contributed by atoms with van der Waals surface area (Å²) >= 11 is 0. The number of nitro benzene ring substituents is 1. The maximum absolute atomic E-state index is 13.7. The van der Waals surface area contributed by atoms with Crippen LogP contribution in [0.15, 0.2) is 48.5 Å². The highest BCUT2D eigenvalue weighted by molar-refractivity contribution is 5.53. The van der Waals surface area contributed by atoms with E-state index < -0.39 is 33.5 Å². The standard InChI is InChI=1S/C16H15F3N2O3/c1-20(2)12-9-7-11(8-10-12)15(22,16(17,18)19)13-5-3-4-6-14(13)21(23)24/h3-10,22H,1-2H3. The van der Waals surface area contributed by atoms with Gasteiger partial charge in [-0.15, -0.1) is 0 Å². The van der Waals surface area contributed by atoms with E-state index in [1.165, 1.54) is 24.3 Å². The number of nitrogens with zero attached hydrogens (tertiary/aromatic N) is 2. The Morgan fingerprint density at radius 1 is 1.04 bits per heavy atom. The van der Waals surface area contributed by atoms with Crippen molar-refractivity contribution in [3.63, 3.8) is 0 Å². The number of hydrogen-bond acceptors (Lipinski definition) is 4. The number of nitro groups is 1. The average molecular weight is 340 g/mol. The van der Waals surface area contributed by atoms with Crippen molar-refractivity contribution >= 4 is 11.4 Å². The Morgan fingerprint density at radius 2 is 1.58 bits per heavy atom. The van der Waals surface area contributed by atoms with E-state index in [-0.39, 0.29) is 0 Å². The number of alkyl halides is 3. The van der Waals surface area contributed by atoms with Crippen LogP contribution in [0.2, 0.25) is 0 Å². The molecule has 0 radical (unpaired) electrons. The van der Waals surface area contributed by atoms with E-state index in [4.69, 9.17) is 0 Å². The summed E-state index contributed by atoms with van der Waals surface area (Å²) in [6.07, 6.45) is -5.14. The van der Waals surface area contributed by atoms with Crippen LogP contribution in [0.4, 0.5) is 24.5 Å². The van der Waals surface area contributed by atoms with Gasteiger partial charge in [0.05, 0.1) is 10.5 Å². The Kier molecular flexibility index (Phi) is 4.52. The first-order valence-corrected chi connectivity index (χ1v) is 6.90. The first-order valence-electron chi connectivity index (χ1n) is 6.90. The third-order valence-corrected chi connectivity index (χ3v) is 3.70. The molecule has 0 amide bonds. The minimum absolute atomic E-state index is 0.491. The Morgan fingerprint density at radius 3 is 2.04 bits per heavy atom. The summed E-state index contributed by atoms with van der Waals surface area (Å²) in [6.45, 7) is 0. The third-order valence-electron chi connectivity index (χ3n) is 3.70. The molecule has 0 aliphatic carbocycles. The minimum atomic E-state index is -5.14. The molecule has 0 saturated heterocycles. The Labute approximate surface area is 136 Å². The van der Waals surface area contributed by atoms with Gasteiger partial charge >= 0.3 is 6.18 Å². The molecule has 0 aliphatic heterocycles. The number of halogens is 3. The maximum Gasteiger partial charge on any atom is 0.426 e. The largest absolute Gasteiger partial charge is 0.426 e. The molecule has 0 aromatic heterocycles. The van der Waals surface area contributed by atoms with Crippen molar-refractivity contribution < 1.29 is 23.2 Å². The van der Waals surface area contributed by atoms with Crippen LogP contribution < -0.4 is 4.90 Å². The van der Waals surface area contributed by atoms with Gasteiger partial charge < -0.3 is 10.0 Å². The monoisotopic (exact) mass is 340 g/mol. The van der Waals surface area contributed by atoms with Crippen LogP contribution in [0, 0.1) is 10.1 Å². The van der Waals surface area contributed by atoms with E-state index >= 15 is 0 Å². The van der Waals surface area contributed by atoms with E-state index in [9.17, 15) is 28.4 Å². The van der Waals surface area contributed by atoms with Crippen molar-refractivity contribution in [3.8, 4) is 0 Å². The topological polar surface area (TPSA) is 66.6 Å². The van der Waals surface area contributed by atoms with E-state index in [2.05, 4.69) is 0 Å². The molecule has 0 saturated carbocycles. The molecule has 1 unspecified atom stereocenters. The Hall–Kier alpha value is -2.61. The first-order chi connectivity index (χ1) is 11.1. The summed E-state index contributed by atoms with van der Waals surface area (Å²) in [5.41, 5.74) is -4.96. The quantitative estimate of drug-likeness (QED) is 0.684. The second-order valence-corrected chi connectivity index (χ2v) is 5.42. The lowest BCUT2D eigenvalue weighted by molar-refractivity contribution is -0.388. The molecular weight excluding hydrogens is 325 g/mol. The van der Waals surface area contributed by atoms with Gasteiger partial charge in [0.2, 0.25) is 5.60 Å². The minimum Gasteiger partial charge on any atom is -0.378 e. The number of benzene rings is 2. The lowest BCUT2D eigenvalue weighted by atomic mass is 9.84. The number of hydrogen-bond donors (Lipinski definition) is 1. The number of aliphatic hydroxyl groups is 1. The van der Waals surface area contributed by atoms with Crippen LogP contribution in [-0.2, 0) is 5.60 Å². The van der Waals surface area contributed by atoms with E-state index in [0.717, 1.165) is 24.3 Å². The lowest BCUT2D eigenvalue weighted by Crippen LogP contribution is -2.43. The van der Waals surface area contributed by atoms with Crippen molar-refractivity contribution in [1.29, 1.82) is 0 Å². The highest BCUT2D eigenvalue weighted by atomic mass is 19.4. The van der Waals surface area contributed by atoms with Crippen LogP contribution in [0.5, 0.6) is 0 Å². The highest BCUT2D eigenvalue weighted by Gasteiger charge is 2.58. The number of para-hydroxylation sites is 1. The summed E-state index contributed by atoms with van der Waals surface area (Å²) in [5, 5.41) is 21.6. The summed E-state index contributed by atoms with van der Waals surface area (Å²) < 4.78 is 41.1. The summed E-state index contributed by atoms with van der Waals surface area (Å²) in [4.78, 5) is 11.8. The molecule has 0 heterocycles. The second-order valence-electron chi connectivity index (χ2n) is 5.42. The zero-order valence-corrected chi connectivity index (χ0v) is 12.9. The normalized spacial score (nSPS) is 14.1. The van der Waals surface area contributed by atoms with Crippen LogP contribution >= 0.6 is 0 Å². The van der Waals surface area contributed by atoms with Crippen molar-refractivity contribution in [3.05, 3.63) is 69.8 Å². The predicted octanol–water partition coefficient (Wildman–Crippen LogP) is 3.46. The maximum atomic E-state index is 13.7. The van der Waals surface area contributed by atoms with Crippen LogP contribution in [0.1, 0.15) is 11.1 Å². The fourth-order valence-corrected chi connectivity index (χ4v) is 2.41. The summed E-state index contributed by atoms with van der Waals surface area (Å²) in [6, 6.07) is 9.33. The van der Waals surface area contributed by atoms with E-state index in [1.54, 1.807) is 19.0 Å². The van der Waals surface area contributed by atoms with Gasteiger partial charge in [-0.25, -0.2) is 0 Å². The van der Waals surface area contributed by atoms with E-state index in [0.29, 0.717) is 5.69 Å². The zero-order valence-electron chi connectivity index (χ0n) is 12.9. The molecular formula is C16H15F3N2O3. The van der Waals surface area contributed by atoms with Crippen molar-refractivity contribution in [2.75, 3.05) is 19.0 Å². The molecule has 8 heteroatoms. The molecule has 0 fully saturated rings. The van der Waals surface area contributed by atoms with Crippen molar-refractivity contribution in [2.45, 2.75) is 11.8 Å². The molecule has 128 valence electrons. The molecule has 1 atom stereocenters. The zero-order chi connectivity index (χ0) is 18.1. The molecule has 5 nitrogen and oxygen atoms in total. The fraction of sp³-hybridized carbons (Fsp3) is 0.250. The van der Waals surface area contributed by atoms with Gasteiger partial charge in [-0.2, -0.15) is 13.2 Å². The van der Waals surface area contributed by atoms with Crippen molar-refractivity contribution in [1.82, 2.24) is 0 Å². The van der Waals surface area contributed by atoms with Gasteiger partial charge in [0.1, 0.15) is 0 Å². The molecule has 1 N–H and O–H groups in total. The highest BCUT2D eigenvalue weighted by Crippen LogP contribution is 2.47. The number of anilines is 1. The van der Waals surface area contributed by atoms with Crippen LogP contribution in [0.3, 0.4) is 0 Å². The van der Waals surface area contributed by atoms with Crippen LogP contribution in [0.25, 0.3) is 0 Å². The van der Waals surface area contributed by atoms with Gasteiger partial charge in [0, 0.05) is 25.8 Å². The predicted molar refractivity (Wildman–Crippen MR) is 82.9 cm³/mol. The van der Waals surface area contributed by atoms with Gasteiger partial charge in [0.25, 0.3) is 5.69 Å². The summed E-state index contributed by atoms with van der Waals surface area (Å²) in [7, 11) is 3.43. The molecule has 0 aliphatic rings. The first kappa shape index (κ1) is 17.7. The Bertz CT molecular complexity index is 745. The fourth-order valence-electron chi connectivity index (χ4n) is 2.41. The second kappa shape index (κ2) is 6.12. The smallest absolute Gasteiger partial charge is 0.378 e. The SMILES string of the molecule is CN(C)c1ccc(C(O)(c2ccccc2[N+](=O)[O-])C(F)(F)F)cc1. The Balaban J connectivity index is 2.71. The molecule has 24 heavy (non-hydrogen) atoms. The molecule has 2 aromatic carbocycles. The molecule has 2 rings (SSSR count). The van der Waals surface area contributed by atoms with Crippen molar-refractivity contribution in [2.24, 2.45) is 0 Å². The van der Waals surface area contributed by atoms with Gasteiger partial charge in [0.15, 0.2) is 0 Å².